The third kappa shape index (κ3) is 3.17. The highest BCUT2D eigenvalue weighted by atomic mass is 79.9. The highest BCUT2D eigenvalue weighted by molar-refractivity contribution is 9.10. The van der Waals surface area contributed by atoms with Crippen LogP contribution in [0, 0.1) is 12.8 Å². The van der Waals surface area contributed by atoms with E-state index >= 15 is 0 Å². The maximum Gasteiger partial charge on any atom is 0.228 e. The number of methoxy groups -OCH3 is 1. The Morgan fingerprint density at radius 2 is 2.09 bits per heavy atom. The van der Waals surface area contributed by atoms with Crippen molar-refractivity contribution in [2.24, 2.45) is 5.92 Å². The number of carbonyl (C=O) groups is 1. The van der Waals surface area contributed by atoms with E-state index in [1.54, 1.807) is 7.11 Å². The van der Waals surface area contributed by atoms with Crippen LogP contribution in [-0.2, 0) is 4.79 Å². The van der Waals surface area contributed by atoms with Gasteiger partial charge in [-0.25, -0.2) is 0 Å². The second-order valence-electron chi connectivity index (χ2n) is 5.70. The molecule has 4 heteroatoms. The monoisotopic (exact) mass is 359 g/mol. The van der Waals surface area contributed by atoms with E-state index in [4.69, 9.17) is 4.74 Å². The van der Waals surface area contributed by atoms with Crippen molar-refractivity contribution in [1.29, 1.82) is 0 Å². The molecule has 0 aromatic heterocycles. The zero-order chi connectivity index (χ0) is 15.7. The van der Waals surface area contributed by atoms with E-state index in [1.807, 2.05) is 37.3 Å². The number of anilines is 1. The summed E-state index contributed by atoms with van der Waals surface area (Å²) in [6, 6.07) is 14.0. The minimum absolute atomic E-state index is 0.0412. The molecular formula is C18H18BrNO2. The predicted octanol–water partition coefficient (Wildman–Crippen LogP) is 4.51. The summed E-state index contributed by atoms with van der Waals surface area (Å²) in [6.07, 6.45) is 0.899. The van der Waals surface area contributed by atoms with E-state index in [0.29, 0.717) is 11.7 Å². The van der Waals surface area contributed by atoms with E-state index in [2.05, 4.69) is 33.4 Å². The first kappa shape index (κ1) is 15.1. The molecule has 1 N–H and O–H groups in total. The standard InChI is InChI=1S/C18H18BrNO2/c1-11-6-7-17(22-2)16(8-11)20-18(21)15-10-14(15)12-4-3-5-13(19)9-12/h3-9,14-15H,10H2,1-2H3,(H,20,21). The molecule has 114 valence electrons. The van der Waals surface area contributed by atoms with Crippen molar-refractivity contribution in [3.05, 3.63) is 58.1 Å². The van der Waals surface area contributed by atoms with Crippen LogP contribution in [0.25, 0.3) is 0 Å². The molecule has 2 unspecified atom stereocenters. The quantitative estimate of drug-likeness (QED) is 0.871. The number of aryl methyl sites for hydroxylation is 1. The van der Waals surface area contributed by atoms with Gasteiger partial charge in [0.25, 0.3) is 0 Å². The average molecular weight is 360 g/mol. The number of nitrogens with one attached hydrogen (secondary N) is 1. The van der Waals surface area contributed by atoms with E-state index < -0.39 is 0 Å². The predicted molar refractivity (Wildman–Crippen MR) is 91.4 cm³/mol. The van der Waals surface area contributed by atoms with Crippen LogP contribution in [0.15, 0.2) is 46.9 Å². The second-order valence-corrected chi connectivity index (χ2v) is 6.61. The maximum absolute atomic E-state index is 12.4. The molecular weight excluding hydrogens is 342 g/mol. The second kappa shape index (κ2) is 6.13. The Hall–Kier alpha value is -1.81. The zero-order valence-electron chi connectivity index (χ0n) is 12.6. The zero-order valence-corrected chi connectivity index (χ0v) is 14.2. The largest absolute Gasteiger partial charge is 0.495 e. The molecule has 3 nitrogen and oxygen atoms in total. The summed E-state index contributed by atoms with van der Waals surface area (Å²) in [5.41, 5.74) is 3.05. The Kier molecular flexibility index (Phi) is 4.21. The van der Waals surface area contributed by atoms with Gasteiger partial charge >= 0.3 is 0 Å². The van der Waals surface area contributed by atoms with Gasteiger partial charge in [-0.05, 0) is 54.7 Å². The number of halogens is 1. The Morgan fingerprint density at radius 3 is 2.82 bits per heavy atom. The van der Waals surface area contributed by atoms with E-state index in [9.17, 15) is 4.79 Å². The lowest BCUT2D eigenvalue weighted by atomic mass is 10.1. The third-order valence-corrected chi connectivity index (χ3v) is 4.51. The van der Waals surface area contributed by atoms with Gasteiger partial charge in [0.05, 0.1) is 12.8 Å². The Bertz CT molecular complexity index is 714. The molecule has 0 aliphatic heterocycles. The van der Waals surface area contributed by atoms with Gasteiger partial charge in [-0.2, -0.15) is 0 Å². The van der Waals surface area contributed by atoms with Gasteiger partial charge in [0, 0.05) is 10.4 Å². The minimum atomic E-state index is 0.0412. The minimum Gasteiger partial charge on any atom is -0.495 e. The molecule has 1 saturated carbocycles. The number of ether oxygens (including phenoxy) is 1. The van der Waals surface area contributed by atoms with Crippen molar-refractivity contribution in [1.82, 2.24) is 0 Å². The molecule has 0 saturated heterocycles. The molecule has 2 aromatic carbocycles. The highest BCUT2D eigenvalue weighted by Gasteiger charge is 2.44. The Labute approximate surface area is 138 Å². The average Bonchev–Trinajstić information content (AvgIpc) is 3.28. The fourth-order valence-corrected chi connectivity index (χ4v) is 3.15. The van der Waals surface area contributed by atoms with Gasteiger partial charge in [0.2, 0.25) is 5.91 Å². The summed E-state index contributed by atoms with van der Waals surface area (Å²) in [7, 11) is 1.61. The van der Waals surface area contributed by atoms with Crippen LogP contribution in [0.5, 0.6) is 5.75 Å². The number of amides is 1. The smallest absolute Gasteiger partial charge is 0.228 e. The number of rotatable bonds is 4. The number of benzene rings is 2. The molecule has 2 atom stereocenters. The summed E-state index contributed by atoms with van der Waals surface area (Å²) in [4.78, 5) is 12.4. The van der Waals surface area contributed by atoms with Crippen LogP contribution in [0.2, 0.25) is 0 Å². The van der Waals surface area contributed by atoms with Gasteiger partial charge in [0.1, 0.15) is 5.75 Å². The van der Waals surface area contributed by atoms with Crippen molar-refractivity contribution < 1.29 is 9.53 Å². The normalized spacial score (nSPS) is 19.6. The van der Waals surface area contributed by atoms with Gasteiger partial charge in [-0.15, -0.1) is 0 Å². The van der Waals surface area contributed by atoms with Crippen LogP contribution in [0.4, 0.5) is 5.69 Å². The summed E-state index contributed by atoms with van der Waals surface area (Å²) in [6.45, 7) is 2.00. The van der Waals surface area contributed by atoms with Crippen LogP contribution < -0.4 is 10.1 Å². The van der Waals surface area contributed by atoms with Gasteiger partial charge in [-0.3, -0.25) is 4.79 Å². The van der Waals surface area contributed by atoms with E-state index in [1.165, 1.54) is 5.56 Å². The molecule has 1 amide bonds. The lowest BCUT2D eigenvalue weighted by molar-refractivity contribution is -0.117. The molecule has 22 heavy (non-hydrogen) atoms. The summed E-state index contributed by atoms with van der Waals surface area (Å²) in [5.74, 6) is 1.11. The number of hydrogen-bond donors (Lipinski definition) is 1. The molecule has 0 spiro atoms. The highest BCUT2D eigenvalue weighted by Crippen LogP contribution is 2.48. The molecule has 0 radical (unpaired) electrons. The first-order valence-corrected chi connectivity index (χ1v) is 8.09. The SMILES string of the molecule is COc1ccc(C)cc1NC(=O)C1CC1c1cccc(Br)c1. The fraction of sp³-hybridized carbons (Fsp3) is 0.278. The van der Waals surface area contributed by atoms with Gasteiger partial charge in [-0.1, -0.05) is 34.1 Å². The number of carbonyl (C=O) groups excluding carboxylic acids is 1. The van der Waals surface area contributed by atoms with Gasteiger partial charge in [0.15, 0.2) is 0 Å². The van der Waals surface area contributed by atoms with Crippen LogP contribution in [0.3, 0.4) is 0 Å². The molecule has 3 rings (SSSR count). The van der Waals surface area contributed by atoms with Crippen molar-refractivity contribution in [2.45, 2.75) is 19.3 Å². The van der Waals surface area contributed by atoms with Crippen molar-refractivity contribution in [2.75, 3.05) is 12.4 Å². The molecule has 1 aliphatic rings. The van der Waals surface area contributed by atoms with Crippen molar-refractivity contribution in [3.8, 4) is 5.75 Å². The summed E-state index contributed by atoms with van der Waals surface area (Å²) >= 11 is 3.48. The molecule has 1 aliphatic carbocycles. The Balaban J connectivity index is 1.71. The lowest BCUT2D eigenvalue weighted by Crippen LogP contribution is -2.15. The first-order chi connectivity index (χ1) is 10.6. The summed E-state index contributed by atoms with van der Waals surface area (Å²) < 4.78 is 6.36. The van der Waals surface area contributed by atoms with Crippen LogP contribution >= 0.6 is 15.9 Å². The van der Waals surface area contributed by atoms with E-state index in [-0.39, 0.29) is 11.8 Å². The third-order valence-electron chi connectivity index (χ3n) is 4.02. The van der Waals surface area contributed by atoms with Crippen LogP contribution in [-0.4, -0.2) is 13.0 Å². The first-order valence-electron chi connectivity index (χ1n) is 7.29. The van der Waals surface area contributed by atoms with Crippen molar-refractivity contribution in [3.63, 3.8) is 0 Å². The van der Waals surface area contributed by atoms with Crippen LogP contribution in [0.1, 0.15) is 23.5 Å². The van der Waals surface area contributed by atoms with Crippen molar-refractivity contribution >= 4 is 27.5 Å². The Morgan fingerprint density at radius 1 is 1.27 bits per heavy atom. The molecule has 2 aromatic rings. The number of hydrogen-bond acceptors (Lipinski definition) is 2. The van der Waals surface area contributed by atoms with Gasteiger partial charge < -0.3 is 10.1 Å². The van der Waals surface area contributed by atoms with E-state index in [0.717, 1.165) is 22.1 Å². The fourth-order valence-electron chi connectivity index (χ4n) is 2.74. The molecule has 1 fully saturated rings. The topological polar surface area (TPSA) is 38.3 Å². The maximum atomic E-state index is 12.4. The lowest BCUT2D eigenvalue weighted by Gasteiger charge is -2.11. The molecule has 0 bridgehead atoms. The summed E-state index contributed by atoms with van der Waals surface area (Å²) in [5, 5.41) is 3.00. The molecule has 0 heterocycles.